The molecule has 1 aliphatic rings. The molecular weight excluding hydrogens is 555 g/mol. The van der Waals surface area contributed by atoms with Crippen molar-refractivity contribution < 1.29 is 0 Å². The molecule has 2 aromatic carbocycles. The molecule has 3 rings (SSSR count). The molecule has 0 unspecified atom stereocenters. The first-order valence-corrected chi connectivity index (χ1v) is 18.4. The van der Waals surface area contributed by atoms with Crippen molar-refractivity contribution in [2.75, 3.05) is 18.0 Å². The van der Waals surface area contributed by atoms with Crippen molar-refractivity contribution in [3.05, 3.63) is 109 Å². The Morgan fingerprint density at radius 3 is 1.80 bits per heavy atom. The van der Waals surface area contributed by atoms with Crippen LogP contribution < -0.4 is 4.90 Å². The second-order valence-electron chi connectivity index (χ2n) is 12.7. The lowest BCUT2D eigenvalue weighted by Crippen LogP contribution is -2.30. The van der Waals surface area contributed by atoms with Gasteiger partial charge in [-0.3, -0.25) is 0 Å². The summed E-state index contributed by atoms with van der Waals surface area (Å²) in [6.07, 6.45) is 11.9. The van der Waals surface area contributed by atoms with E-state index >= 15 is 0 Å². The first-order valence-electron chi connectivity index (χ1n) is 18.4. The van der Waals surface area contributed by atoms with Crippen LogP contribution in [-0.2, 0) is 6.42 Å². The van der Waals surface area contributed by atoms with Gasteiger partial charge in [-0.05, 0) is 75.0 Å². The zero-order valence-corrected chi connectivity index (χ0v) is 33.1. The number of benzene rings is 2. The second kappa shape index (κ2) is 29.6. The van der Waals surface area contributed by atoms with Crippen LogP contribution in [0.2, 0.25) is 0 Å². The van der Waals surface area contributed by atoms with E-state index < -0.39 is 0 Å². The van der Waals surface area contributed by atoms with E-state index in [0.29, 0.717) is 5.92 Å². The highest BCUT2D eigenvalue weighted by Crippen LogP contribution is 2.38. The summed E-state index contributed by atoms with van der Waals surface area (Å²) >= 11 is 0. The van der Waals surface area contributed by atoms with Crippen LogP contribution in [0.25, 0.3) is 5.57 Å². The van der Waals surface area contributed by atoms with E-state index in [0.717, 1.165) is 25.9 Å². The standard InChI is InChI=1S/C23H35N.C10H12.C5H10.C3H8.2C2H6/c1-7-24(17-18(2)23(4,5)6)22-16-12-11-15-21(22)19(3)20-13-9-8-10-14-20;1-3-5-10-7-4-6-9(2)8-10;1-4-5(2)3;1-3-2;2*1-2/h11-12,15-16,20H,2-3,7-10,13-14,17H2,1,4-6H3;3-4,6-8H,1,5H2,2H3;2,4H2,1,3H3;3H2,1-2H3;2*1-2H3. The molecule has 0 N–H and O–H groups in total. The van der Waals surface area contributed by atoms with Crippen LogP contribution >= 0.6 is 0 Å². The van der Waals surface area contributed by atoms with E-state index in [9.17, 15) is 0 Å². The van der Waals surface area contributed by atoms with E-state index in [2.05, 4.69) is 135 Å². The summed E-state index contributed by atoms with van der Waals surface area (Å²) in [6, 6.07) is 17.3. The third-order valence-electron chi connectivity index (χ3n) is 7.58. The molecule has 1 fully saturated rings. The van der Waals surface area contributed by atoms with Crippen LogP contribution in [0.3, 0.4) is 0 Å². The predicted octanol–water partition coefficient (Wildman–Crippen LogP) is 14.9. The molecule has 0 aliphatic heterocycles. The van der Waals surface area contributed by atoms with E-state index in [4.69, 9.17) is 0 Å². The molecule has 46 heavy (non-hydrogen) atoms. The highest BCUT2D eigenvalue weighted by Gasteiger charge is 2.22. The highest BCUT2D eigenvalue weighted by molar-refractivity contribution is 5.77. The van der Waals surface area contributed by atoms with Gasteiger partial charge in [0.15, 0.2) is 0 Å². The normalized spacial score (nSPS) is 11.8. The third kappa shape index (κ3) is 21.9. The largest absolute Gasteiger partial charge is 0.367 e. The monoisotopic (exact) mass is 632 g/mol. The Bertz CT molecular complexity index is 1060. The number of allylic oxidation sites excluding steroid dienone is 3. The van der Waals surface area contributed by atoms with E-state index in [1.165, 1.54) is 77.6 Å². The van der Waals surface area contributed by atoms with Gasteiger partial charge in [-0.15, -0.1) is 13.2 Å². The molecule has 0 bridgehead atoms. The fraction of sp³-hybridized carbons (Fsp3) is 0.556. The zero-order chi connectivity index (χ0) is 36.1. The van der Waals surface area contributed by atoms with Gasteiger partial charge in [0.05, 0.1) is 0 Å². The minimum Gasteiger partial charge on any atom is -0.367 e. The number of nitrogens with zero attached hydrogens (tertiary/aromatic N) is 1. The van der Waals surface area contributed by atoms with Gasteiger partial charge in [0.2, 0.25) is 0 Å². The molecule has 0 aromatic heterocycles. The van der Waals surface area contributed by atoms with Gasteiger partial charge in [-0.1, -0.05) is 173 Å². The maximum absolute atomic E-state index is 4.50. The quantitative estimate of drug-likeness (QED) is 0.249. The van der Waals surface area contributed by atoms with E-state index in [-0.39, 0.29) is 5.41 Å². The molecule has 1 aliphatic carbocycles. The van der Waals surface area contributed by atoms with Gasteiger partial charge < -0.3 is 4.90 Å². The first kappa shape index (κ1) is 47.6. The molecule has 1 heteroatoms. The van der Waals surface area contributed by atoms with Crippen molar-refractivity contribution in [3.63, 3.8) is 0 Å². The van der Waals surface area contributed by atoms with Gasteiger partial charge in [-0.25, -0.2) is 0 Å². The fourth-order valence-corrected chi connectivity index (χ4v) is 4.53. The molecule has 262 valence electrons. The minimum absolute atomic E-state index is 0.142. The number of likely N-dealkylation sites (N-methyl/N-ethyl adjacent to an activating group) is 1. The molecule has 1 saturated carbocycles. The Morgan fingerprint density at radius 2 is 1.37 bits per heavy atom. The number of rotatable bonds is 9. The van der Waals surface area contributed by atoms with Crippen molar-refractivity contribution in [1.29, 1.82) is 0 Å². The van der Waals surface area contributed by atoms with Crippen LogP contribution in [0.1, 0.15) is 145 Å². The summed E-state index contributed by atoms with van der Waals surface area (Å²) in [7, 11) is 0. The summed E-state index contributed by atoms with van der Waals surface area (Å²) in [5.74, 6) is 0.657. The first-order chi connectivity index (χ1) is 21.9. The van der Waals surface area contributed by atoms with Crippen LogP contribution in [0.4, 0.5) is 5.69 Å². The fourth-order valence-electron chi connectivity index (χ4n) is 4.53. The van der Waals surface area contributed by atoms with Crippen LogP contribution in [-0.4, -0.2) is 13.1 Å². The smallest absolute Gasteiger partial charge is 0.0445 e. The molecule has 0 spiro atoms. The number of aryl methyl sites for hydroxylation is 1. The van der Waals surface area contributed by atoms with Crippen LogP contribution in [0, 0.1) is 18.3 Å². The van der Waals surface area contributed by atoms with Gasteiger partial charge in [0, 0.05) is 24.3 Å². The third-order valence-corrected chi connectivity index (χ3v) is 7.58. The molecule has 0 saturated heterocycles. The lowest BCUT2D eigenvalue weighted by Gasteiger charge is -2.33. The van der Waals surface area contributed by atoms with E-state index in [1.807, 2.05) is 40.7 Å². The van der Waals surface area contributed by atoms with Gasteiger partial charge in [0.1, 0.15) is 0 Å². The maximum atomic E-state index is 4.50. The topological polar surface area (TPSA) is 3.24 Å². The maximum Gasteiger partial charge on any atom is 0.0445 e. The highest BCUT2D eigenvalue weighted by atomic mass is 15.1. The lowest BCUT2D eigenvalue weighted by molar-refractivity contribution is 0.430. The number of anilines is 1. The van der Waals surface area contributed by atoms with Crippen LogP contribution in [0.15, 0.2) is 92.1 Å². The summed E-state index contributed by atoms with van der Waals surface area (Å²) in [6.45, 7) is 45.6. The molecule has 0 heterocycles. The molecule has 1 nitrogen and oxygen atoms in total. The Kier molecular flexibility index (Phi) is 30.6. The Balaban J connectivity index is -0.000000690. The summed E-state index contributed by atoms with van der Waals surface area (Å²) in [5.41, 5.74) is 9.34. The average Bonchev–Trinajstić information content (AvgIpc) is 3.06. The number of para-hydroxylation sites is 1. The van der Waals surface area contributed by atoms with Crippen molar-refractivity contribution in [3.8, 4) is 0 Å². The summed E-state index contributed by atoms with van der Waals surface area (Å²) in [4.78, 5) is 2.46. The summed E-state index contributed by atoms with van der Waals surface area (Å²) in [5, 5.41) is 0. The summed E-state index contributed by atoms with van der Waals surface area (Å²) < 4.78 is 0. The SMILES string of the molecule is C=C(C)CC.C=C(c1ccccc1N(CC)CC(=C)C(C)(C)C)C1CCCCC1.C=CCc1cccc(C)c1.CC.CC.CCC. The van der Waals surface area contributed by atoms with Crippen LogP contribution in [0.5, 0.6) is 0 Å². The Hall–Kier alpha value is -2.80. The van der Waals surface area contributed by atoms with Crippen molar-refractivity contribution in [2.45, 2.75) is 141 Å². The molecule has 2 aromatic rings. The molecule has 0 amide bonds. The molecule has 0 atom stereocenters. The van der Waals surface area contributed by atoms with Crippen molar-refractivity contribution in [2.24, 2.45) is 11.3 Å². The van der Waals surface area contributed by atoms with Crippen molar-refractivity contribution >= 4 is 11.3 Å². The van der Waals surface area contributed by atoms with E-state index in [1.54, 1.807) is 0 Å². The van der Waals surface area contributed by atoms with Gasteiger partial charge in [-0.2, -0.15) is 0 Å². The number of hydrogen-bond donors (Lipinski definition) is 0. The predicted molar refractivity (Wildman–Crippen MR) is 217 cm³/mol. The minimum atomic E-state index is 0.142. The zero-order valence-electron chi connectivity index (χ0n) is 33.1. The van der Waals surface area contributed by atoms with Gasteiger partial charge >= 0.3 is 0 Å². The number of hydrogen-bond acceptors (Lipinski definition) is 1. The Labute approximate surface area is 290 Å². The molecule has 0 radical (unpaired) electrons. The van der Waals surface area contributed by atoms with Crippen molar-refractivity contribution in [1.82, 2.24) is 0 Å². The molecular formula is C45H77N. The second-order valence-corrected chi connectivity index (χ2v) is 12.7. The average molecular weight is 632 g/mol. The lowest BCUT2D eigenvalue weighted by atomic mass is 9.81. The van der Waals surface area contributed by atoms with Gasteiger partial charge in [0.25, 0.3) is 0 Å². The Morgan fingerprint density at radius 1 is 0.848 bits per heavy atom.